The number of rotatable bonds is 9. The largest absolute Gasteiger partial charge is 0.342 e. The molecule has 2 amide bonds. The fraction of sp³-hybridized carbons (Fsp3) is 0.304. The van der Waals surface area contributed by atoms with Crippen LogP contribution in [0.2, 0.25) is 0 Å². The lowest BCUT2D eigenvalue weighted by atomic mass is 10.0. The molecule has 0 saturated carbocycles. The molecule has 0 bridgehead atoms. The lowest BCUT2D eigenvalue weighted by Crippen LogP contribution is -2.33. The van der Waals surface area contributed by atoms with E-state index in [1.54, 1.807) is 11.6 Å². The van der Waals surface area contributed by atoms with Crippen LogP contribution in [0.25, 0.3) is 0 Å². The number of nitro benzene ring substituents is 1. The Kier molecular flexibility index (Phi) is 8.00. The Balaban J connectivity index is 1.68. The molecule has 0 spiro atoms. The molecule has 1 atom stereocenters. The van der Waals surface area contributed by atoms with Crippen molar-refractivity contribution < 1.29 is 14.5 Å². The summed E-state index contributed by atoms with van der Waals surface area (Å²) < 4.78 is 1.74. The molecular weight excluding hydrogens is 456 g/mol. The van der Waals surface area contributed by atoms with E-state index in [2.05, 4.69) is 20.8 Å². The number of aromatic nitrogens is 3. The maximum absolute atomic E-state index is 12.8. The molecule has 0 saturated heterocycles. The number of nitro groups is 1. The second kappa shape index (κ2) is 10.9. The zero-order valence-electron chi connectivity index (χ0n) is 19.3. The van der Waals surface area contributed by atoms with E-state index in [0.29, 0.717) is 11.0 Å². The highest BCUT2D eigenvalue weighted by Crippen LogP contribution is 2.25. The number of anilines is 1. The number of nitrogens with zero attached hydrogens (tertiary/aromatic N) is 4. The van der Waals surface area contributed by atoms with Crippen LogP contribution in [-0.4, -0.2) is 37.3 Å². The van der Waals surface area contributed by atoms with Crippen molar-refractivity contribution in [3.05, 3.63) is 75.6 Å². The molecule has 0 unspecified atom stereocenters. The number of aryl methyl sites for hydroxylation is 1. The van der Waals surface area contributed by atoms with Gasteiger partial charge in [0, 0.05) is 30.4 Å². The summed E-state index contributed by atoms with van der Waals surface area (Å²) in [5.41, 5.74) is 1.81. The highest BCUT2D eigenvalue weighted by Gasteiger charge is 2.26. The SMILES string of the molecule is Cc1cccc(NC(=O)CSc2nnc([C@H](NC(=O)c3cccc([N+](=O)[O-])c3)C(C)C)n2C)c1. The van der Waals surface area contributed by atoms with Crippen molar-refractivity contribution >= 4 is 35.0 Å². The van der Waals surface area contributed by atoms with Crippen molar-refractivity contribution in [2.24, 2.45) is 13.0 Å². The molecule has 2 N–H and O–H groups in total. The molecule has 0 fully saturated rings. The first-order valence-corrected chi connectivity index (χ1v) is 11.6. The van der Waals surface area contributed by atoms with Gasteiger partial charge in [0.05, 0.1) is 16.7 Å². The van der Waals surface area contributed by atoms with Crippen LogP contribution in [-0.2, 0) is 11.8 Å². The molecule has 2 aromatic carbocycles. The topological polar surface area (TPSA) is 132 Å². The molecule has 0 radical (unpaired) electrons. The minimum atomic E-state index is -0.544. The van der Waals surface area contributed by atoms with Crippen LogP contribution in [0.1, 0.15) is 41.6 Å². The molecule has 11 heteroatoms. The van der Waals surface area contributed by atoms with E-state index < -0.39 is 16.9 Å². The summed E-state index contributed by atoms with van der Waals surface area (Å²) in [5, 5.41) is 25.7. The maximum atomic E-state index is 12.8. The zero-order valence-corrected chi connectivity index (χ0v) is 20.1. The Morgan fingerprint density at radius 1 is 1.15 bits per heavy atom. The number of nitrogens with one attached hydrogen (secondary N) is 2. The van der Waals surface area contributed by atoms with Gasteiger partial charge in [0.2, 0.25) is 5.91 Å². The average molecular weight is 483 g/mol. The Bertz CT molecular complexity index is 1210. The van der Waals surface area contributed by atoms with Crippen LogP contribution in [0.15, 0.2) is 53.7 Å². The molecule has 178 valence electrons. The second-order valence-corrected chi connectivity index (χ2v) is 9.05. The van der Waals surface area contributed by atoms with Crippen LogP contribution < -0.4 is 10.6 Å². The fourth-order valence-corrected chi connectivity index (χ4v) is 4.01. The number of hydrogen-bond donors (Lipinski definition) is 2. The maximum Gasteiger partial charge on any atom is 0.270 e. The van der Waals surface area contributed by atoms with Gasteiger partial charge >= 0.3 is 0 Å². The molecule has 1 aromatic heterocycles. The van der Waals surface area contributed by atoms with Gasteiger partial charge in [-0.05, 0) is 36.6 Å². The fourth-order valence-electron chi connectivity index (χ4n) is 3.29. The highest BCUT2D eigenvalue weighted by molar-refractivity contribution is 7.99. The van der Waals surface area contributed by atoms with Gasteiger partial charge in [0.25, 0.3) is 11.6 Å². The first-order valence-electron chi connectivity index (χ1n) is 10.6. The molecular formula is C23H26N6O4S. The van der Waals surface area contributed by atoms with Crippen LogP contribution >= 0.6 is 11.8 Å². The average Bonchev–Trinajstić information content (AvgIpc) is 3.15. The van der Waals surface area contributed by atoms with E-state index in [9.17, 15) is 19.7 Å². The molecule has 34 heavy (non-hydrogen) atoms. The third-order valence-electron chi connectivity index (χ3n) is 5.05. The predicted molar refractivity (Wildman–Crippen MR) is 130 cm³/mol. The van der Waals surface area contributed by atoms with Crippen LogP contribution in [0.3, 0.4) is 0 Å². The summed E-state index contributed by atoms with van der Waals surface area (Å²) >= 11 is 1.24. The first kappa shape index (κ1) is 24.9. The summed E-state index contributed by atoms with van der Waals surface area (Å²) in [7, 11) is 1.77. The second-order valence-electron chi connectivity index (χ2n) is 8.11. The van der Waals surface area contributed by atoms with E-state index in [-0.39, 0.29) is 28.8 Å². The third kappa shape index (κ3) is 6.19. The van der Waals surface area contributed by atoms with E-state index in [4.69, 9.17) is 0 Å². The van der Waals surface area contributed by atoms with Crippen molar-refractivity contribution in [3.63, 3.8) is 0 Å². The van der Waals surface area contributed by atoms with Gasteiger partial charge in [-0.1, -0.05) is 43.8 Å². The van der Waals surface area contributed by atoms with Crippen LogP contribution in [0, 0.1) is 23.0 Å². The Morgan fingerprint density at radius 3 is 2.56 bits per heavy atom. The quantitative estimate of drug-likeness (QED) is 0.269. The number of carbonyl (C=O) groups excluding carboxylic acids is 2. The summed E-state index contributed by atoms with van der Waals surface area (Å²) in [6.45, 7) is 5.80. The Morgan fingerprint density at radius 2 is 1.88 bits per heavy atom. The molecule has 0 aliphatic heterocycles. The lowest BCUT2D eigenvalue weighted by Gasteiger charge is -2.21. The molecule has 0 aliphatic carbocycles. The Hall–Kier alpha value is -3.73. The zero-order chi connectivity index (χ0) is 24.8. The van der Waals surface area contributed by atoms with Gasteiger partial charge in [-0.25, -0.2) is 0 Å². The van der Waals surface area contributed by atoms with E-state index in [1.807, 2.05) is 45.0 Å². The van der Waals surface area contributed by atoms with Gasteiger partial charge < -0.3 is 15.2 Å². The van der Waals surface area contributed by atoms with Gasteiger partial charge in [-0.15, -0.1) is 10.2 Å². The van der Waals surface area contributed by atoms with Crippen molar-refractivity contribution in [3.8, 4) is 0 Å². The number of amides is 2. The van der Waals surface area contributed by atoms with Gasteiger partial charge in [-0.2, -0.15) is 0 Å². The van der Waals surface area contributed by atoms with Crippen molar-refractivity contribution in [2.45, 2.75) is 32.0 Å². The van der Waals surface area contributed by atoms with Crippen molar-refractivity contribution in [1.82, 2.24) is 20.1 Å². The third-order valence-corrected chi connectivity index (χ3v) is 6.07. The standard InChI is InChI=1S/C23H26N6O4S/c1-14(2)20(25-22(31)16-8-6-10-18(12-16)29(32)33)21-26-27-23(28(21)4)34-13-19(30)24-17-9-5-7-15(3)11-17/h5-12,14,20H,13H2,1-4H3,(H,24,30)(H,25,31)/t20-/m1/s1. The molecule has 10 nitrogen and oxygen atoms in total. The summed E-state index contributed by atoms with van der Waals surface area (Å²) in [4.78, 5) is 35.6. The molecule has 3 aromatic rings. The molecule has 3 rings (SSSR count). The van der Waals surface area contributed by atoms with E-state index >= 15 is 0 Å². The first-order chi connectivity index (χ1) is 16.2. The summed E-state index contributed by atoms with van der Waals surface area (Å²) in [5.74, 6) is 0.0202. The lowest BCUT2D eigenvalue weighted by molar-refractivity contribution is -0.384. The smallest absolute Gasteiger partial charge is 0.270 e. The van der Waals surface area contributed by atoms with Gasteiger partial charge in [0.15, 0.2) is 11.0 Å². The highest BCUT2D eigenvalue weighted by atomic mass is 32.2. The van der Waals surface area contributed by atoms with E-state index in [0.717, 1.165) is 11.3 Å². The normalized spacial score (nSPS) is 11.8. The number of non-ortho nitro benzene ring substituents is 1. The van der Waals surface area contributed by atoms with E-state index in [1.165, 1.54) is 36.0 Å². The number of carbonyl (C=O) groups is 2. The minimum Gasteiger partial charge on any atom is -0.342 e. The molecule has 1 heterocycles. The van der Waals surface area contributed by atoms with Crippen LogP contribution in [0.4, 0.5) is 11.4 Å². The number of benzene rings is 2. The van der Waals surface area contributed by atoms with Gasteiger partial charge in [-0.3, -0.25) is 19.7 Å². The minimum absolute atomic E-state index is 0.0342. The molecule has 0 aliphatic rings. The Labute approximate surface area is 201 Å². The van der Waals surface area contributed by atoms with Crippen molar-refractivity contribution in [2.75, 3.05) is 11.1 Å². The van der Waals surface area contributed by atoms with Crippen molar-refractivity contribution in [1.29, 1.82) is 0 Å². The summed E-state index contributed by atoms with van der Waals surface area (Å²) in [6.07, 6.45) is 0. The van der Waals surface area contributed by atoms with Crippen LogP contribution in [0.5, 0.6) is 0 Å². The van der Waals surface area contributed by atoms with Gasteiger partial charge in [0.1, 0.15) is 0 Å². The predicted octanol–water partition coefficient (Wildman–Crippen LogP) is 3.89. The number of thioether (sulfide) groups is 1. The summed E-state index contributed by atoms with van der Waals surface area (Å²) in [6, 6.07) is 12.6. The monoisotopic (exact) mass is 482 g/mol. The number of hydrogen-bond acceptors (Lipinski definition) is 7.